The summed E-state index contributed by atoms with van der Waals surface area (Å²) in [7, 11) is 0. The van der Waals surface area contributed by atoms with E-state index in [1.807, 2.05) is 0 Å². The molecule has 0 unspecified atom stereocenters. The van der Waals surface area contributed by atoms with E-state index in [1.54, 1.807) is 6.92 Å². The number of aromatic nitrogens is 2. The molecule has 0 saturated carbocycles. The van der Waals surface area contributed by atoms with E-state index in [2.05, 4.69) is 5.32 Å². The first-order chi connectivity index (χ1) is 21.3. The number of cyclic esters (lactones) is 1. The number of hydrogen-bond donors (Lipinski definition) is 2. The summed E-state index contributed by atoms with van der Waals surface area (Å²) in [6.45, 7) is 2.57. The molecule has 4 heterocycles. The van der Waals surface area contributed by atoms with Crippen molar-refractivity contribution in [3.63, 3.8) is 0 Å². The first-order valence-corrected chi connectivity index (χ1v) is 14.3. The molecule has 3 aliphatic rings. The van der Waals surface area contributed by atoms with E-state index in [9.17, 15) is 32.3 Å². The highest BCUT2D eigenvalue weighted by Gasteiger charge is 2.55. The lowest BCUT2D eigenvalue weighted by molar-refractivity contribution is -0.223. The highest BCUT2D eigenvalue weighted by atomic mass is 19.4. The summed E-state index contributed by atoms with van der Waals surface area (Å²) in [5.41, 5.74) is 4.76. The SMILES string of the molecule is CC[C@@]1(OC(=O)C(F)(F)F)C(=O)OCc2c1cc1n(c2=O)Cc2c-1nc1cc(F)c(C)c3c1c2[C@@H](NC(=O)COCCN)CC3. The molecule has 1 amide bonds. The average molecular weight is 633 g/mol. The lowest BCUT2D eigenvalue weighted by Gasteiger charge is -2.35. The summed E-state index contributed by atoms with van der Waals surface area (Å²) >= 11 is 0. The molecule has 0 radical (unpaired) electrons. The fourth-order valence-electron chi connectivity index (χ4n) is 6.56. The molecular formula is C30H28F4N4O7. The number of nitrogens with zero attached hydrogens (tertiary/aromatic N) is 2. The second-order valence-corrected chi connectivity index (χ2v) is 11.2. The predicted molar refractivity (Wildman–Crippen MR) is 148 cm³/mol. The standard InChI is InChI=1S/C30H28F4N4O7/c1-3-29(45-28(42)30(32,33)34)17-8-21-25-15(10-38(21)26(40)16(17)11-44-27(29)41)24-19(36-22(39)12-43-7-6-35)5-4-14-13(2)18(31)9-20(37-25)23(14)24/h8-9,19H,3-7,10-12,35H2,1-2H3,(H,36,39)/t19-,29-/m0/s1. The van der Waals surface area contributed by atoms with Crippen LogP contribution in [0.15, 0.2) is 16.9 Å². The van der Waals surface area contributed by atoms with Gasteiger partial charge in [0.15, 0.2) is 0 Å². The number of benzene rings is 1. The van der Waals surface area contributed by atoms with Crippen LogP contribution in [0.5, 0.6) is 0 Å². The summed E-state index contributed by atoms with van der Waals surface area (Å²) in [5.74, 6) is -4.77. The van der Waals surface area contributed by atoms with Crippen LogP contribution in [0.4, 0.5) is 17.6 Å². The Hall–Kier alpha value is -4.37. The number of fused-ring (bicyclic) bond motifs is 5. The molecule has 6 rings (SSSR count). The van der Waals surface area contributed by atoms with Gasteiger partial charge in [0.2, 0.25) is 11.5 Å². The molecule has 11 nitrogen and oxygen atoms in total. The molecule has 3 N–H and O–H groups in total. The zero-order valence-corrected chi connectivity index (χ0v) is 24.2. The summed E-state index contributed by atoms with van der Waals surface area (Å²) in [4.78, 5) is 56.3. The molecule has 2 atom stereocenters. The van der Waals surface area contributed by atoms with Gasteiger partial charge in [-0.1, -0.05) is 6.92 Å². The van der Waals surface area contributed by atoms with Crippen molar-refractivity contribution in [1.29, 1.82) is 0 Å². The van der Waals surface area contributed by atoms with Crippen molar-refractivity contribution >= 4 is 28.7 Å². The Kier molecular flexibility index (Phi) is 7.43. The minimum Gasteiger partial charge on any atom is -0.457 e. The van der Waals surface area contributed by atoms with Crippen LogP contribution in [0.3, 0.4) is 0 Å². The smallest absolute Gasteiger partial charge is 0.457 e. The fourth-order valence-corrected chi connectivity index (χ4v) is 6.56. The topological polar surface area (TPSA) is 152 Å². The molecule has 238 valence electrons. The van der Waals surface area contributed by atoms with Crippen molar-refractivity contribution in [3.05, 3.63) is 61.7 Å². The Bertz CT molecular complexity index is 1860. The molecular weight excluding hydrogens is 604 g/mol. The largest absolute Gasteiger partial charge is 0.490 e. The van der Waals surface area contributed by atoms with Crippen LogP contribution < -0.4 is 16.6 Å². The van der Waals surface area contributed by atoms with Gasteiger partial charge in [-0.25, -0.2) is 19.0 Å². The number of nitrogens with two attached hydrogens (primary N) is 1. The number of rotatable bonds is 7. The van der Waals surface area contributed by atoms with Crippen molar-refractivity contribution in [2.24, 2.45) is 5.73 Å². The first-order valence-electron chi connectivity index (χ1n) is 14.3. The van der Waals surface area contributed by atoms with Gasteiger partial charge in [0.1, 0.15) is 19.0 Å². The Labute approximate surface area is 252 Å². The summed E-state index contributed by atoms with van der Waals surface area (Å²) in [6.07, 6.45) is -5.04. The second kappa shape index (κ2) is 10.9. The average Bonchev–Trinajstić information content (AvgIpc) is 3.36. The minimum atomic E-state index is -5.42. The molecule has 3 aromatic rings. The summed E-state index contributed by atoms with van der Waals surface area (Å²) in [6, 6.07) is 2.00. The number of hydrogen-bond acceptors (Lipinski definition) is 9. The second-order valence-electron chi connectivity index (χ2n) is 11.2. The molecule has 1 aromatic carbocycles. The molecule has 2 aliphatic heterocycles. The van der Waals surface area contributed by atoms with Gasteiger partial charge in [-0.15, -0.1) is 0 Å². The number of amides is 1. The van der Waals surface area contributed by atoms with Crippen molar-refractivity contribution in [2.45, 2.75) is 64.1 Å². The minimum absolute atomic E-state index is 0.0314. The van der Waals surface area contributed by atoms with E-state index in [1.165, 1.54) is 23.6 Å². The number of nitrogens with one attached hydrogen (secondary N) is 1. The number of carbonyl (C=O) groups excluding carboxylic acids is 3. The number of ether oxygens (including phenoxy) is 3. The third-order valence-electron chi connectivity index (χ3n) is 8.67. The number of aryl methyl sites for hydroxylation is 1. The number of carbonyl (C=O) groups is 3. The lowest BCUT2D eigenvalue weighted by Crippen LogP contribution is -2.49. The Morgan fingerprint density at radius 1 is 1.22 bits per heavy atom. The van der Waals surface area contributed by atoms with Gasteiger partial charge in [0, 0.05) is 29.1 Å². The highest BCUT2D eigenvalue weighted by Crippen LogP contribution is 2.46. The normalized spacial score (nSPS) is 19.9. The predicted octanol–water partition coefficient (Wildman–Crippen LogP) is 2.72. The fraction of sp³-hybridized carbons (Fsp3) is 0.433. The molecule has 0 fully saturated rings. The van der Waals surface area contributed by atoms with Crippen molar-refractivity contribution in [2.75, 3.05) is 19.8 Å². The van der Waals surface area contributed by atoms with Crippen LogP contribution in [0.1, 0.15) is 59.2 Å². The number of halogens is 4. The Morgan fingerprint density at radius 3 is 2.67 bits per heavy atom. The van der Waals surface area contributed by atoms with Crippen molar-refractivity contribution in [3.8, 4) is 11.4 Å². The van der Waals surface area contributed by atoms with Gasteiger partial charge >= 0.3 is 18.1 Å². The van der Waals surface area contributed by atoms with Gasteiger partial charge in [-0.2, -0.15) is 13.2 Å². The van der Waals surface area contributed by atoms with E-state index < -0.39 is 60.1 Å². The number of pyridine rings is 2. The number of esters is 2. The van der Waals surface area contributed by atoms with Gasteiger partial charge < -0.3 is 29.8 Å². The molecule has 0 bridgehead atoms. The van der Waals surface area contributed by atoms with Gasteiger partial charge in [0.05, 0.1) is 41.7 Å². The molecule has 15 heteroatoms. The van der Waals surface area contributed by atoms with Gasteiger partial charge in [-0.05, 0) is 48.9 Å². The van der Waals surface area contributed by atoms with E-state index in [-0.39, 0.29) is 54.3 Å². The maximum atomic E-state index is 15.1. The van der Waals surface area contributed by atoms with E-state index in [4.69, 9.17) is 24.9 Å². The molecule has 45 heavy (non-hydrogen) atoms. The monoisotopic (exact) mass is 632 g/mol. The maximum Gasteiger partial charge on any atom is 0.490 e. The first kappa shape index (κ1) is 30.6. The maximum absolute atomic E-state index is 15.1. The summed E-state index contributed by atoms with van der Waals surface area (Å²) in [5, 5.41) is 3.60. The van der Waals surface area contributed by atoms with Crippen LogP contribution in [-0.2, 0) is 53.8 Å². The van der Waals surface area contributed by atoms with Crippen LogP contribution in [0, 0.1) is 12.7 Å². The lowest BCUT2D eigenvalue weighted by atomic mass is 9.81. The molecule has 0 saturated heterocycles. The third-order valence-corrected chi connectivity index (χ3v) is 8.67. The highest BCUT2D eigenvalue weighted by molar-refractivity contribution is 5.94. The van der Waals surface area contributed by atoms with Crippen molar-refractivity contribution in [1.82, 2.24) is 14.9 Å². The van der Waals surface area contributed by atoms with E-state index in [0.717, 1.165) is 0 Å². The van der Waals surface area contributed by atoms with Gasteiger partial charge in [-0.3, -0.25) is 9.59 Å². The van der Waals surface area contributed by atoms with E-state index in [0.29, 0.717) is 40.5 Å². The zero-order chi connectivity index (χ0) is 32.4. The third kappa shape index (κ3) is 4.76. The molecule has 1 aliphatic carbocycles. The zero-order valence-electron chi connectivity index (χ0n) is 24.2. The van der Waals surface area contributed by atoms with Crippen LogP contribution >= 0.6 is 0 Å². The Balaban J connectivity index is 1.55. The van der Waals surface area contributed by atoms with Crippen LogP contribution in [-0.4, -0.2) is 53.3 Å². The van der Waals surface area contributed by atoms with E-state index >= 15 is 4.39 Å². The Morgan fingerprint density at radius 2 is 1.98 bits per heavy atom. The summed E-state index contributed by atoms with van der Waals surface area (Å²) < 4.78 is 71.4. The van der Waals surface area contributed by atoms with Crippen LogP contribution in [0.25, 0.3) is 22.3 Å². The number of alkyl halides is 3. The molecule has 0 spiro atoms. The molecule has 2 aromatic heterocycles. The van der Waals surface area contributed by atoms with Gasteiger partial charge in [0.25, 0.3) is 5.56 Å². The van der Waals surface area contributed by atoms with Crippen molar-refractivity contribution < 1.29 is 46.2 Å². The van der Waals surface area contributed by atoms with Crippen LogP contribution in [0.2, 0.25) is 0 Å². The quantitative estimate of drug-likeness (QED) is 0.178.